The summed E-state index contributed by atoms with van der Waals surface area (Å²) in [6.07, 6.45) is 1.95. The topological polar surface area (TPSA) is 38.9 Å². The van der Waals surface area contributed by atoms with E-state index in [-0.39, 0.29) is 0 Å². The minimum atomic E-state index is 0.513. The Kier molecular flexibility index (Phi) is 3.46. The van der Waals surface area contributed by atoms with Gasteiger partial charge in [0.25, 0.3) is 0 Å². The van der Waals surface area contributed by atoms with Crippen LogP contribution in [0.4, 0.5) is 5.69 Å². The van der Waals surface area contributed by atoms with Gasteiger partial charge in [0.05, 0.1) is 5.69 Å². The third-order valence-corrected chi connectivity index (χ3v) is 4.63. The van der Waals surface area contributed by atoms with Crippen LogP contribution in [0.3, 0.4) is 0 Å². The first-order chi connectivity index (χ1) is 11.6. The standard InChI is InChI=1S/C22H20N2/c1-14(2)16-9-10-17-13-24-21(12-18(17)11-16)19-7-3-5-15-6-4-8-20(23)22(15)19/h3-14H,23H2,1-2H3. The Morgan fingerprint density at radius 1 is 0.833 bits per heavy atom. The van der Waals surface area contributed by atoms with E-state index in [9.17, 15) is 0 Å². The summed E-state index contributed by atoms with van der Waals surface area (Å²) in [6.45, 7) is 4.43. The molecule has 0 unspecified atom stereocenters. The smallest absolute Gasteiger partial charge is 0.0715 e. The zero-order valence-electron chi connectivity index (χ0n) is 14.0. The van der Waals surface area contributed by atoms with Crippen LogP contribution in [0.15, 0.2) is 66.9 Å². The number of aromatic nitrogens is 1. The van der Waals surface area contributed by atoms with Crippen LogP contribution < -0.4 is 5.73 Å². The highest BCUT2D eigenvalue weighted by Crippen LogP contribution is 2.33. The first-order valence-electron chi connectivity index (χ1n) is 8.31. The van der Waals surface area contributed by atoms with Crippen LogP contribution in [0.1, 0.15) is 25.3 Å². The van der Waals surface area contributed by atoms with Crippen molar-refractivity contribution in [3.63, 3.8) is 0 Å². The molecule has 4 rings (SSSR count). The molecule has 0 saturated heterocycles. The number of nitrogens with zero attached hydrogens (tertiary/aromatic N) is 1. The van der Waals surface area contributed by atoms with E-state index in [0.29, 0.717) is 5.92 Å². The molecule has 0 amide bonds. The van der Waals surface area contributed by atoms with E-state index in [2.05, 4.69) is 67.4 Å². The summed E-state index contributed by atoms with van der Waals surface area (Å²) < 4.78 is 0. The second-order valence-corrected chi connectivity index (χ2v) is 6.58. The molecule has 1 heterocycles. The number of anilines is 1. The molecule has 0 aliphatic carbocycles. The molecule has 0 fully saturated rings. The second-order valence-electron chi connectivity index (χ2n) is 6.58. The van der Waals surface area contributed by atoms with Crippen molar-refractivity contribution in [1.29, 1.82) is 0 Å². The van der Waals surface area contributed by atoms with Gasteiger partial charge in [-0.15, -0.1) is 0 Å². The minimum absolute atomic E-state index is 0.513. The maximum atomic E-state index is 6.24. The lowest BCUT2D eigenvalue weighted by molar-refractivity contribution is 0.869. The SMILES string of the molecule is CC(C)c1ccc2cnc(-c3cccc4cccc(N)c34)cc2c1. The lowest BCUT2D eigenvalue weighted by Crippen LogP contribution is -1.92. The Hall–Kier alpha value is -2.87. The van der Waals surface area contributed by atoms with Gasteiger partial charge in [0.15, 0.2) is 0 Å². The average molecular weight is 312 g/mol. The van der Waals surface area contributed by atoms with Gasteiger partial charge in [-0.2, -0.15) is 0 Å². The fraction of sp³-hybridized carbons (Fsp3) is 0.136. The zero-order valence-corrected chi connectivity index (χ0v) is 14.0. The predicted molar refractivity (Wildman–Crippen MR) is 103 cm³/mol. The number of fused-ring (bicyclic) bond motifs is 2. The predicted octanol–water partition coefficient (Wildman–Crippen LogP) is 5.76. The maximum Gasteiger partial charge on any atom is 0.0715 e. The summed E-state index contributed by atoms with van der Waals surface area (Å²) in [6, 6.07) is 21.0. The van der Waals surface area contributed by atoms with Crippen LogP contribution in [0, 0.1) is 0 Å². The van der Waals surface area contributed by atoms with Gasteiger partial charge in [0.1, 0.15) is 0 Å². The molecule has 1 aromatic heterocycles. The van der Waals surface area contributed by atoms with Gasteiger partial charge in [0, 0.05) is 28.2 Å². The summed E-state index contributed by atoms with van der Waals surface area (Å²) in [5, 5.41) is 4.60. The summed E-state index contributed by atoms with van der Waals surface area (Å²) >= 11 is 0. The van der Waals surface area contributed by atoms with Crippen LogP contribution in [-0.4, -0.2) is 4.98 Å². The van der Waals surface area contributed by atoms with Crippen molar-refractivity contribution >= 4 is 27.2 Å². The lowest BCUT2D eigenvalue weighted by Gasteiger charge is -2.11. The molecule has 2 nitrogen and oxygen atoms in total. The monoisotopic (exact) mass is 312 g/mol. The Morgan fingerprint density at radius 3 is 2.42 bits per heavy atom. The molecule has 24 heavy (non-hydrogen) atoms. The van der Waals surface area contributed by atoms with Crippen LogP contribution in [0.2, 0.25) is 0 Å². The van der Waals surface area contributed by atoms with Gasteiger partial charge in [-0.25, -0.2) is 0 Å². The van der Waals surface area contributed by atoms with E-state index >= 15 is 0 Å². The molecule has 0 radical (unpaired) electrons. The van der Waals surface area contributed by atoms with Crippen molar-refractivity contribution in [2.24, 2.45) is 0 Å². The average Bonchev–Trinajstić information content (AvgIpc) is 2.60. The number of pyridine rings is 1. The van der Waals surface area contributed by atoms with Gasteiger partial charge < -0.3 is 5.73 Å². The van der Waals surface area contributed by atoms with E-state index in [0.717, 1.165) is 33.1 Å². The third-order valence-electron chi connectivity index (χ3n) is 4.63. The number of benzene rings is 3. The Morgan fingerprint density at radius 2 is 1.62 bits per heavy atom. The number of nitrogen functional groups attached to an aromatic ring is 1. The Balaban J connectivity index is 1.97. The number of nitrogens with two attached hydrogens (primary N) is 1. The highest BCUT2D eigenvalue weighted by atomic mass is 14.7. The summed E-state index contributed by atoms with van der Waals surface area (Å²) in [5.41, 5.74) is 10.4. The maximum absolute atomic E-state index is 6.24. The van der Waals surface area contributed by atoms with E-state index < -0.39 is 0 Å². The first-order valence-corrected chi connectivity index (χ1v) is 8.31. The normalized spacial score (nSPS) is 11.5. The van der Waals surface area contributed by atoms with Crippen molar-refractivity contribution in [2.45, 2.75) is 19.8 Å². The van der Waals surface area contributed by atoms with E-state index in [1.54, 1.807) is 0 Å². The van der Waals surface area contributed by atoms with E-state index in [1.165, 1.54) is 10.9 Å². The molecule has 0 aliphatic heterocycles. The molecule has 0 atom stereocenters. The van der Waals surface area contributed by atoms with Gasteiger partial charge >= 0.3 is 0 Å². The van der Waals surface area contributed by atoms with E-state index in [1.807, 2.05) is 18.3 Å². The fourth-order valence-electron chi connectivity index (χ4n) is 3.25. The quantitative estimate of drug-likeness (QED) is 0.478. The van der Waals surface area contributed by atoms with Gasteiger partial charge in [-0.3, -0.25) is 4.98 Å². The second kappa shape index (κ2) is 5.64. The van der Waals surface area contributed by atoms with Crippen molar-refractivity contribution in [3.05, 3.63) is 72.4 Å². The van der Waals surface area contributed by atoms with Crippen molar-refractivity contribution < 1.29 is 0 Å². The molecule has 118 valence electrons. The highest BCUT2D eigenvalue weighted by molar-refractivity contribution is 6.04. The Bertz CT molecular complexity index is 1040. The summed E-state index contributed by atoms with van der Waals surface area (Å²) in [4.78, 5) is 4.69. The largest absolute Gasteiger partial charge is 0.398 e. The van der Waals surface area contributed by atoms with E-state index in [4.69, 9.17) is 5.73 Å². The van der Waals surface area contributed by atoms with Crippen LogP contribution >= 0.6 is 0 Å². The molecule has 0 spiro atoms. The molecular weight excluding hydrogens is 292 g/mol. The molecular formula is C22H20N2. The molecule has 2 N–H and O–H groups in total. The van der Waals surface area contributed by atoms with Gasteiger partial charge in [-0.05, 0) is 34.4 Å². The van der Waals surface area contributed by atoms with Crippen molar-refractivity contribution in [1.82, 2.24) is 4.98 Å². The summed E-state index contributed by atoms with van der Waals surface area (Å²) in [7, 11) is 0. The highest BCUT2D eigenvalue weighted by Gasteiger charge is 2.09. The molecule has 0 bridgehead atoms. The van der Waals surface area contributed by atoms with Crippen molar-refractivity contribution in [2.75, 3.05) is 5.73 Å². The number of hydrogen-bond donors (Lipinski definition) is 1. The van der Waals surface area contributed by atoms with Crippen molar-refractivity contribution in [3.8, 4) is 11.3 Å². The van der Waals surface area contributed by atoms with Crippen LogP contribution in [0.5, 0.6) is 0 Å². The van der Waals surface area contributed by atoms with Gasteiger partial charge in [-0.1, -0.05) is 62.4 Å². The first kappa shape index (κ1) is 14.7. The van der Waals surface area contributed by atoms with Crippen LogP contribution in [-0.2, 0) is 0 Å². The zero-order chi connectivity index (χ0) is 16.7. The Labute approximate surface area is 142 Å². The lowest BCUT2D eigenvalue weighted by atomic mass is 9.97. The number of rotatable bonds is 2. The molecule has 0 aliphatic rings. The molecule has 3 aromatic carbocycles. The molecule has 4 aromatic rings. The minimum Gasteiger partial charge on any atom is -0.398 e. The fourth-order valence-corrected chi connectivity index (χ4v) is 3.25. The molecule has 2 heteroatoms. The number of hydrogen-bond acceptors (Lipinski definition) is 2. The third kappa shape index (κ3) is 2.41. The van der Waals surface area contributed by atoms with Gasteiger partial charge in [0.2, 0.25) is 0 Å². The molecule has 0 saturated carbocycles. The van der Waals surface area contributed by atoms with Crippen LogP contribution in [0.25, 0.3) is 32.8 Å². The summed E-state index contributed by atoms with van der Waals surface area (Å²) in [5.74, 6) is 0.513.